The molecule has 2 rings (SSSR count). The molecule has 2 heterocycles. The first-order chi connectivity index (χ1) is 5.77. The van der Waals surface area contributed by atoms with E-state index in [1.165, 1.54) is 9.88 Å². The molecule has 0 N–H and O–H groups in total. The maximum Gasteiger partial charge on any atom is 0.227 e. The molecule has 0 radical (unpaired) electrons. The van der Waals surface area contributed by atoms with Crippen LogP contribution in [0.2, 0.25) is 0 Å². The fourth-order valence-corrected chi connectivity index (χ4v) is 2.33. The first-order valence-corrected chi connectivity index (χ1v) is 5.21. The number of rotatable bonds is 1. The molecule has 0 bridgehead atoms. The van der Waals surface area contributed by atoms with Gasteiger partial charge in [-0.3, -0.25) is 0 Å². The van der Waals surface area contributed by atoms with Crippen LogP contribution < -0.4 is 4.74 Å². The monoisotopic (exact) mass is 183 g/mol. The van der Waals surface area contributed by atoms with Crippen molar-refractivity contribution < 1.29 is 4.74 Å². The Balaban J connectivity index is 2.32. The number of hydrogen-bond acceptors (Lipinski definition) is 3. The highest BCUT2D eigenvalue weighted by molar-refractivity contribution is 7.12. The summed E-state index contributed by atoms with van der Waals surface area (Å²) in [5.74, 6) is 1.43. The highest BCUT2D eigenvalue weighted by atomic mass is 32.1. The highest BCUT2D eigenvalue weighted by Gasteiger charge is 2.17. The smallest absolute Gasteiger partial charge is 0.227 e. The van der Waals surface area contributed by atoms with Gasteiger partial charge in [-0.15, -0.1) is 11.3 Å². The zero-order chi connectivity index (χ0) is 8.55. The van der Waals surface area contributed by atoms with E-state index < -0.39 is 0 Å². The fraction of sp³-hybridized carbons (Fsp3) is 0.667. The van der Waals surface area contributed by atoms with Crippen LogP contribution in [-0.4, -0.2) is 11.6 Å². The Morgan fingerprint density at radius 3 is 3.00 bits per heavy atom. The second-order valence-corrected chi connectivity index (χ2v) is 4.50. The van der Waals surface area contributed by atoms with Gasteiger partial charge in [0.1, 0.15) is 0 Å². The van der Waals surface area contributed by atoms with Crippen LogP contribution in [0.3, 0.4) is 0 Å². The molecule has 3 heteroatoms. The molecule has 0 aliphatic carbocycles. The molecule has 0 spiro atoms. The lowest BCUT2D eigenvalue weighted by Crippen LogP contribution is -2.06. The Bertz CT molecular complexity index is 257. The summed E-state index contributed by atoms with van der Waals surface area (Å²) in [7, 11) is 0. The van der Waals surface area contributed by atoms with Crippen molar-refractivity contribution in [3.63, 3.8) is 0 Å². The van der Waals surface area contributed by atoms with Crippen LogP contribution >= 0.6 is 11.3 Å². The summed E-state index contributed by atoms with van der Waals surface area (Å²) >= 11 is 1.81. The standard InChI is InChI=1S/C9H13NOS/c1-6(2)9-10-8-7(12-9)4-3-5-11-8/h6H,3-5H2,1-2H3. The van der Waals surface area contributed by atoms with Crippen molar-refractivity contribution in [1.82, 2.24) is 4.98 Å². The van der Waals surface area contributed by atoms with Gasteiger partial charge < -0.3 is 4.74 Å². The minimum atomic E-state index is 0.532. The molecule has 1 aliphatic heterocycles. The molecule has 0 aromatic carbocycles. The van der Waals surface area contributed by atoms with Crippen LogP contribution in [0.25, 0.3) is 0 Å². The van der Waals surface area contributed by atoms with Crippen molar-refractivity contribution in [3.8, 4) is 5.88 Å². The number of nitrogens with zero attached hydrogens (tertiary/aromatic N) is 1. The molecule has 0 atom stereocenters. The zero-order valence-electron chi connectivity index (χ0n) is 7.46. The van der Waals surface area contributed by atoms with Gasteiger partial charge in [0, 0.05) is 5.92 Å². The predicted molar refractivity (Wildman–Crippen MR) is 50.0 cm³/mol. The van der Waals surface area contributed by atoms with Gasteiger partial charge in [0.2, 0.25) is 5.88 Å². The van der Waals surface area contributed by atoms with Crippen LogP contribution in [0.4, 0.5) is 0 Å². The lowest BCUT2D eigenvalue weighted by Gasteiger charge is -2.09. The van der Waals surface area contributed by atoms with Crippen molar-refractivity contribution >= 4 is 11.3 Å². The minimum Gasteiger partial charge on any atom is -0.477 e. The summed E-state index contributed by atoms with van der Waals surface area (Å²) in [6.07, 6.45) is 2.30. The molecule has 2 nitrogen and oxygen atoms in total. The Morgan fingerprint density at radius 2 is 2.33 bits per heavy atom. The molecule has 0 amide bonds. The fourth-order valence-electron chi connectivity index (χ4n) is 1.27. The lowest BCUT2D eigenvalue weighted by atomic mass is 10.2. The quantitative estimate of drug-likeness (QED) is 0.667. The summed E-state index contributed by atoms with van der Waals surface area (Å²) in [4.78, 5) is 5.78. The third-order valence-electron chi connectivity index (χ3n) is 1.96. The number of fused-ring (bicyclic) bond motifs is 1. The van der Waals surface area contributed by atoms with E-state index in [2.05, 4.69) is 18.8 Å². The lowest BCUT2D eigenvalue weighted by molar-refractivity contribution is 0.279. The summed E-state index contributed by atoms with van der Waals surface area (Å²) in [6.45, 7) is 5.18. The summed E-state index contributed by atoms with van der Waals surface area (Å²) in [6, 6.07) is 0. The summed E-state index contributed by atoms with van der Waals surface area (Å²) < 4.78 is 5.45. The van der Waals surface area contributed by atoms with Gasteiger partial charge >= 0.3 is 0 Å². The SMILES string of the molecule is CC(C)c1nc2c(s1)CCCO2. The molecule has 0 unspecified atom stereocenters. The van der Waals surface area contributed by atoms with Gasteiger partial charge in [-0.05, 0) is 12.8 Å². The highest BCUT2D eigenvalue weighted by Crippen LogP contribution is 2.32. The van der Waals surface area contributed by atoms with E-state index >= 15 is 0 Å². The van der Waals surface area contributed by atoms with Crippen LogP contribution in [0.15, 0.2) is 0 Å². The molecule has 12 heavy (non-hydrogen) atoms. The van der Waals surface area contributed by atoms with E-state index in [9.17, 15) is 0 Å². The van der Waals surface area contributed by atoms with Gasteiger partial charge in [-0.25, -0.2) is 4.98 Å². The summed E-state index contributed by atoms with van der Waals surface area (Å²) in [5, 5.41) is 1.21. The van der Waals surface area contributed by atoms with E-state index in [0.717, 1.165) is 25.3 Å². The Morgan fingerprint density at radius 1 is 1.50 bits per heavy atom. The van der Waals surface area contributed by atoms with Crippen molar-refractivity contribution in [2.45, 2.75) is 32.6 Å². The number of hydrogen-bond donors (Lipinski definition) is 0. The normalized spacial score (nSPS) is 15.9. The molecular weight excluding hydrogens is 170 g/mol. The van der Waals surface area contributed by atoms with E-state index in [4.69, 9.17) is 4.74 Å². The van der Waals surface area contributed by atoms with E-state index in [1.54, 1.807) is 0 Å². The minimum absolute atomic E-state index is 0.532. The van der Waals surface area contributed by atoms with Crippen molar-refractivity contribution in [2.75, 3.05) is 6.61 Å². The molecule has 0 saturated heterocycles. The van der Waals surface area contributed by atoms with Crippen molar-refractivity contribution in [2.24, 2.45) is 0 Å². The molecule has 66 valence electrons. The predicted octanol–water partition coefficient (Wildman–Crippen LogP) is 2.59. The van der Waals surface area contributed by atoms with Gasteiger partial charge in [0.15, 0.2) is 0 Å². The molecule has 0 fully saturated rings. The third kappa shape index (κ3) is 1.33. The van der Waals surface area contributed by atoms with Gasteiger partial charge in [0.05, 0.1) is 16.5 Å². The van der Waals surface area contributed by atoms with Crippen molar-refractivity contribution in [1.29, 1.82) is 0 Å². The number of aryl methyl sites for hydroxylation is 1. The third-order valence-corrected chi connectivity index (χ3v) is 3.36. The summed E-state index contributed by atoms with van der Waals surface area (Å²) in [5.41, 5.74) is 0. The van der Waals surface area contributed by atoms with Crippen molar-refractivity contribution in [3.05, 3.63) is 9.88 Å². The first-order valence-electron chi connectivity index (χ1n) is 4.40. The van der Waals surface area contributed by atoms with E-state index in [1.807, 2.05) is 11.3 Å². The molecule has 1 aromatic heterocycles. The Hall–Kier alpha value is -0.570. The zero-order valence-corrected chi connectivity index (χ0v) is 8.28. The number of aromatic nitrogens is 1. The average Bonchev–Trinajstić information content (AvgIpc) is 2.46. The Kier molecular flexibility index (Phi) is 2.05. The molecule has 0 saturated carbocycles. The van der Waals surface area contributed by atoms with E-state index in [-0.39, 0.29) is 0 Å². The van der Waals surface area contributed by atoms with Gasteiger partial charge in [0.25, 0.3) is 0 Å². The van der Waals surface area contributed by atoms with Crippen LogP contribution in [0.1, 0.15) is 36.1 Å². The second kappa shape index (κ2) is 3.05. The van der Waals surface area contributed by atoms with Crippen LogP contribution in [0, 0.1) is 0 Å². The maximum atomic E-state index is 5.45. The molecule has 1 aliphatic rings. The van der Waals surface area contributed by atoms with Crippen LogP contribution in [0.5, 0.6) is 5.88 Å². The topological polar surface area (TPSA) is 22.1 Å². The number of thiazole rings is 1. The first kappa shape index (κ1) is 8.05. The maximum absolute atomic E-state index is 5.45. The Labute approximate surface area is 76.6 Å². The molecular formula is C9H13NOS. The molecule has 1 aromatic rings. The van der Waals surface area contributed by atoms with E-state index in [0.29, 0.717) is 5.92 Å². The number of ether oxygens (including phenoxy) is 1. The largest absolute Gasteiger partial charge is 0.477 e. The second-order valence-electron chi connectivity index (χ2n) is 3.39. The van der Waals surface area contributed by atoms with Crippen LogP contribution in [-0.2, 0) is 6.42 Å². The van der Waals surface area contributed by atoms with Gasteiger partial charge in [-0.2, -0.15) is 0 Å². The van der Waals surface area contributed by atoms with Gasteiger partial charge in [-0.1, -0.05) is 13.8 Å². The average molecular weight is 183 g/mol.